The molecule has 1 amide bonds. The molecule has 22 heavy (non-hydrogen) atoms. The molecular weight excluding hydrogens is 302 g/mol. The Morgan fingerprint density at radius 3 is 2.82 bits per heavy atom. The molecule has 4 heterocycles. The number of H-pyrrole nitrogens is 1. The van der Waals surface area contributed by atoms with E-state index < -0.39 is 0 Å². The molecule has 120 valence electrons. The summed E-state index contributed by atoms with van der Waals surface area (Å²) >= 11 is 1.11. The van der Waals surface area contributed by atoms with Crippen molar-refractivity contribution in [3.63, 3.8) is 0 Å². The second-order valence-electron chi connectivity index (χ2n) is 6.70. The molecular formula is C15H21N3O3S. The first-order valence-corrected chi connectivity index (χ1v) is 8.71. The normalized spacial score (nSPS) is 30.0. The van der Waals surface area contributed by atoms with Crippen LogP contribution in [0.3, 0.4) is 0 Å². The molecule has 3 aliphatic heterocycles. The second-order valence-corrected chi connectivity index (χ2v) is 7.89. The first-order chi connectivity index (χ1) is 10.6. The lowest BCUT2D eigenvalue weighted by Crippen LogP contribution is -2.43. The standard InChI is InChI=1S/C15H21N3O3S/c1-9-12(17-14(20)22-9)13(19)18-8-15(2-4-16-5-3-15)10-6-21-7-11(10)18/h10-11,16H,2-8H2,1H3,(H,17,20)/t10-,11+/m0/s1. The van der Waals surface area contributed by atoms with Gasteiger partial charge in [0, 0.05) is 17.3 Å². The van der Waals surface area contributed by atoms with Gasteiger partial charge in [0.1, 0.15) is 5.69 Å². The monoisotopic (exact) mass is 323 g/mol. The summed E-state index contributed by atoms with van der Waals surface area (Å²) in [5.41, 5.74) is 0.651. The molecule has 1 spiro atoms. The zero-order valence-corrected chi connectivity index (χ0v) is 13.5. The molecule has 6 nitrogen and oxygen atoms in total. The Kier molecular flexibility index (Phi) is 3.39. The van der Waals surface area contributed by atoms with Crippen molar-refractivity contribution < 1.29 is 9.53 Å². The van der Waals surface area contributed by atoms with Gasteiger partial charge in [-0.15, -0.1) is 0 Å². The number of aryl methyl sites for hydroxylation is 1. The van der Waals surface area contributed by atoms with Gasteiger partial charge in [0.25, 0.3) is 5.91 Å². The van der Waals surface area contributed by atoms with Crippen molar-refractivity contribution in [1.29, 1.82) is 0 Å². The largest absolute Gasteiger partial charge is 0.379 e. The first-order valence-electron chi connectivity index (χ1n) is 7.90. The lowest BCUT2D eigenvalue weighted by atomic mass is 9.70. The third-order valence-electron chi connectivity index (χ3n) is 5.62. The maximum absolute atomic E-state index is 12.9. The third kappa shape index (κ3) is 2.06. The van der Waals surface area contributed by atoms with Crippen LogP contribution in [0.4, 0.5) is 0 Å². The average Bonchev–Trinajstić information content (AvgIpc) is 3.17. The quantitative estimate of drug-likeness (QED) is 0.793. The predicted molar refractivity (Wildman–Crippen MR) is 83.3 cm³/mol. The van der Waals surface area contributed by atoms with Gasteiger partial charge in [-0.05, 0) is 38.3 Å². The Balaban J connectivity index is 1.66. The van der Waals surface area contributed by atoms with E-state index >= 15 is 0 Å². The molecule has 0 aliphatic carbocycles. The van der Waals surface area contributed by atoms with Crippen LogP contribution in [0, 0.1) is 18.3 Å². The third-order valence-corrected chi connectivity index (χ3v) is 6.42. The summed E-state index contributed by atoms with van der Waals surface area (Å²) < 4.78 is 5.71. The van der Waals surface area contributed by atoms with Crippen LogP contribution in [0.1, 0.15) is 28.2 Å². The fraction of sp³-hybridized carbons (Fsp3) is 0.733. The van der Waals surface area contributed by atoms with E-state index in [1.165, 1.54) is 0 Å². The topological polar surface area (TPSA) is 74.4 Å². The van der Waals surface area contributed by atoms with Gasteiger partial charge in [0.2, 0.25) is 0 Å². The Morgan fingerprint density at radius 2 is 2.14 bits per heavy atom. The molecule has 4 rings (SSSR count). The van der Waals surface area contributed by atoms with Crippen molar-refractivity contribution >= 4 is 17.2 Å². The number of carbonyl (C=O) groups excluding carboxylic acids is 1. The van der Waals surface area contributed by atoms with E-state index in [4.69, 9.17) is 4.74 Å². The van der Waals surface area contributed by atoms with Gasteiger partial charge in [0.05, 0.1) is 19.3 Å². The lowest BCUT2D eigenvalue weighted by Gasteiger charge is -2.37. The molecule has 0 radical (unpaired) electrons. The van der Waals surface area contributed by atoms with Gasteiger partial charge >= 0.3 is 4.87 Å². The Hall–Kier alpha value is -1.18. The summed E-state index contributed by atoms with van der Waals surface area (Å²) in [5, 5.41) is 3.41. The average molecular weight is 323 g/mol. The van der Waals surface area contributed by atoms with Crippen LogP contribution in [0.2, 0.25) is 0 Å². The maximum Gasteiger partial charge on any atom is 0.305 e. The number of aromatic nitrogens is 1. The highest BCUT2D eigenvalue weighted by atomic mass is 32.1. The van der Waals surface area contributed by atoms with E-state index in [0.717, 1.165) is 55.3 Å². The minimum absolute atomic E-state index is 0.0354. The van der Waals surface area contributed by atoms with Gasteiger partial charge < -0.3 is 19.9 Å². The van der Waals surface area contributed by atoms with Crippen molar-refractivity contribution in [2.24, 2.45) is 11.3 Å². The molecule has 3 aliphatic rings. The number of amides is 1. The zero-order chi connectivity index (χ0) is 15.3. The summed E-state index contributed by atoms with van der Waals surface area (Å²) in [6.45, 7) is 6.03. The molecule has 1 aromatic heterocycles. The molecule has 0 bridgehead atoms. The number of ether oxygens (including phenoxy) is 1. The highest BCUT2D eigenvalue weighted by molar-refractivity contribution is 7.09. The molecule has 3 saturated heterocycles. The highest BCUT2D eigenvalue weighted by Crippen LogP contribution is 2.49. The van der Waals surface area contributed by atoms with E-state index in [1.807, 2.05) is 11.8 Å². The number of aromatic amines is 1. The van der Waals surface area contributed by atoms with Crippen LogP contribution in [0.25, 0.3) is 0 Å². The number of thiazole rings is 1. The molecule has 3 fully saturated rings. The molecule has 1 aromatic rings. The number of likely N-dealkylation sites (tertiary alicyclic amines) is 1. The smallest absolute Gasteiger partial charge is 0.305 e. The van der Waals surface area contributed by atoms with Crippen LogP contribution in [-0.2, 0) is 4.74 Å². The second kappa shape index (κ2) is 5.18. The van der Waals surface area contributed by atoms with Gasteiger partial charge in [-0.3, -0.25) is 9.59 Å². The minimum atomic E-state index is -0.157. The van der Waals surface area contributed by atoms with Crippen LogP contribution in [0.5, 0.6) is 0 Å². The van der Waals surface area contributed by atoms with E-state index in [9.17, 15) is 9.59 Å². The zero-order valence-electron chi connectivity index (χ0n) is 12.7. The molecule has 7 heteroatoms. The van der Waals surface area contributed by atoms with E-state index in [2.05, 4.69) is 10.3 Å². The Bertz CT molecular complexity index is 647. The fourth-order valence-electron chi connectivity index (χ4n) is 4.44. The van der Waals surface area contributed by atoms with Crippen molar-refractivity contribution in [1.82, 2.24) is 15.2 Å². The SMILES string of the molecule is Cc1sc(=O)[nH]c1C(=O)N1CC2(CCNCC2)[C@H]2COC[C@H]21. The van der Waals surface area contributed by atoms with Crippen LogP contribution in [-0.4, -0.2) is 54.7 Å². The number of rotatable bonds is 1. The molecule has 2 atom stereocenters. The van der Waals surface area contributed by atoms with Crippen molar-refractivity contribution in [2.45, 2.75) is 25.8 Å². The molecule has 0 aromatic carbocycles. The van der Waals surface area contributed by atoms with Gasteiger partial charge in [0.15, 0.2) is 0 Å². The number of hydrogen-bond donors (Lipinski definition) is 2. The minimum Gasteiger partial charge on any atom is -0.379 e. The number of hydrogen-bond acceptors (Lipinski definition) is 5. The summed E-state index contributed by atoms with van der Waals surface area (Å²) in [4.78, 5) is 29.7. The summed E-state index contributed by atoms with van der Waals surface area (Å²) in [6.07, 6.45) is 2.20. The first kappa shape index (κ1) is 14.4. The van der Waals surface area contributed by atoms with Gasteiger partial charge in [-0.1, -0.05) is 11.3 Å². The number of nitrogens with one attached hydrogen (secondary N) is 2. The van der Waals surface area contributed by atoms with E-state index in [-0.39, 0.29) is 22.2 Å². The number of carbonyl (C=O) groups is 1. The van der Waals surface area contributed by atoms with Crippen molar-refractivity contribution in [2.75, 3.05) is 32.8 Å². The molecule has 2 N–H and O–H groups in total. The van der Waals surface area contributed by atoms with Crippen molar-refractivity contribution in [3.8, 4) is 0 Å². The van der Waals surface area contributed by atoms with Gasteiger partial charge in [-0.25, -0.2) is 0 Å². The van der Waals surface area contributed by atoms with E-state index in [1.54, 1.807) is 0 Å². The van der Waals surface area contributed by atoms with Crippen LogP contribution in [0.15, 0.2) is 4.79 Å². The van der Waals surface area contributed by atoms with E-state index in [0.29, 0.717) is 18.2 Å². The maximum atomic E-state index is 12.9. The predicted octanol–water partition coefficient (Wildman–Crippen LogP) is 0.585. The summed E-state index contributed by atoms with van der Waals surface area (Å²) in [7, 11) is 0. The number of fused-ring (bicyclic) bond motifs is 2. The number of nitrogens with zero attached hydrogens (tertiary/aromatic N) is 1. The number of piperidine rings is 1. The van der Waals surface area contributed by atoms with Crippen LogP contribution >= 0.6 is 11.3 Å². The summed E-state index contributed by atoms with van der Waals surface area (Å²) in [6, 6.07) is 0.161. The summed E-state index contributed by atoms with van der Waals surface area (Å²) in [5.74, 6) is 0.399. The van der Waals surface area contributed by atoms with Crippen molar-refractivity contribution in [3.05, 3.63) is 20.2 Å². The lowest BCUT2D eigenvalue weighted by molar-refractivity contribution is 0.0602. The fourth-order valence-corrected chi connectivity index (χ4v) is 5.11. The van der Waals surface area contributed by atoms with Gasteiger partial charge in [-0.2, -0.15) is 0 Å². The molecule has 0 unspecified atom stereocenters. The van der Waals surface area contributed by atoms with Crippen LogP contribution < -0.4 is 10.2 Å². The highest BCUT2D eigenvalue weighted by Gasteiger charge is 2.56. The Labute approximate surface area is 132 Å². The Morgan fingerprint density at radius 1 is 1.36 bits per heavy atom. The molecule has 0 saturated carbocycles.